The third kappa shape index (κ3) is 6.11. The fourth-order valence-electron chi connectivity index (χ4n) is 2.11. The first-order chi connectivity index (χ1) is 10.4. The second-order valence-corrected chi connectivity index (χ2v) is 5.38. The molecule has 0 bridgehead atoms. The zero-order valence-corrected chi connectivity index (χ0v) is 12.8. The third-order valence-electron chi connectivity index (χ3n) is 3.44. The Morgan fingerprint density at radius 2 is 1.86 bits per heavy atom. The second kappa shape index (κ2) is 9.01. The zero-order chi connectivity index (χ0) is 16.5. The van der Waals surface area contributed by atoms with Gasteiger partial charge in [-0.2, -0.15) is 0 Å². The lowest BCUT2D eigenvalue weighted by Crippen LogP contribution is -2.69. The number of carbonyl (C=O) groups excluding carboxylic acids is 2. The summed E-state index contributed by atoms with van der Waals surface area (Å²) in [6, 6.07) is 5.40. The van der Waals surface area contributed by atoms with Gasteiger partial charge in [-0.25, -0.2) is 0 Å². The van der Waals surface area contributed by atoms with Crippen molar-refractivity contribution in [2.24, 2.45) is 5.73 Å². The molecule has 7 heteroatoms. The predicted molar refractivity (Wildman–Crippen MR) is 81.2 cm³/mol. The zero-order valence-electron chi connectivity index (χ0n) is 12.8. The average Bonchev–Trinajstić information content (AvgIpc) is 2.48. The van der Waals surface area contributed by atoms with E-state index in [1.807, 2.05) is 0 Å². The van der Waals surface area contributed by atoms with Crippen LogP contribution >= 0.6 is 0 Å². The van der Waals surface area contributed by atoms with Crippen LogP contribution in [0.1, 0.15) is 24.8 Å². The van der Waals surface area contributed by atoms with E-state index in [0.717, 1.165) is 24.9 Å². The molecule has 0 aromatic heterocycles. The van der Waals surface area contributed by atoms with E-state index in [0.29, 0.717) is 12.8 Å². The number of hydrogen-bond acceptors (Lipinski definition) is 3. The number of benzene rings is 1. The van der Waals surface area contributed by atoms with Gasteiger partial charge in [-0.15, -0.1) is 0 Å². The number of nitrogens with one attached hydrogen (secondary N) is 1. The van der Waals surface area contributed by atoms with Crippen LogP contribution in [0.5, 0.6) is 5.75 Å². The van der Waals surface area contributed by atoms with Gasteiger partial charge in [0.05, 0.1) is 6.54 Å². The van der Waals surface area contributed by atoms with Gasteiger partial charge in [0.25, 0.3) is 5.91 Å². The molecule has 2 atom stereocenters. The first kappa shape index (κ1) is 17.9. The maximum atomic E-state index is 12.1. The number of quaternary nitrogens is 2. The number of aromatic hydroxyl groups is 1. The van der Waals surface area contributed by atoms with E-state index in [9.17, 15) is 14.7 Å². The number of amides is 2. The molecule has 1 aromatic carbocycles. The maximum absolute atomic E-state index is 12.1. The highest BCUT2D eigenvalue weighted by Gasteiger charge is 2.24. The van der Waals surface area contributed by atoms with Crippen molar-refractivity contribution in [1.29, 1.82) is 0 Å². The molecule has 2 amide bonds. The van der Waals surface area contributed by atoms with Crippen LogP contribution in [0.15, 0.2) is 24.3 Å². The Hall–Kier alpha value is -2.12. The number of hydrogen-bond donors (Lipinski definition) is 5. The van der Waals surface area contributed by atoms with E-state index < -0.39 is 18.0 Å². The Balaban J connectivity index is 2.53. The van der Waals surface area contributed by atoms with Crippen molar-refractivity contribution in [2.75, 3.05) is 6.54 Å². The van der Waals surface area contributed by atoms with Crippen molar-refractivity contribution in [3.8, 4) is 5.75 Å². The molecule has 0 aliphatic rings. The Labute approximate surface area is 129 Å². The summed E-state index contributed by atoms with van der Waals surface area (Å²) in [5, 5.41) is 11.9. The van der Waals surface area contributed by atoms with Crippen molar-refractivity contribution in [3.05, 3.63) is 29.8 Å². The van der Waals surface area contributed by atoms with E-state index in [1.165, 1.54) is 0 Å². The number of phenolic OH excluding ortho intramolecular Hbond substituents is 1. The standard InChI is InChI=1S/C15H24N4O3/c16-8-2-1-3-13(14(18)21)19-15(22)12(17)9-10-4-6-11(20)7-5-10/h4-7,12-13,20H,1-3,8-9,16-17H2,(H2,18,21)(H,19,22)/p+2/t12-,13-/m0/s1. The summed E-state index contributed by atoms with van der Waals surface area (Å²) >= 11 is 0. The largest absolute Gasteiger partial charge is 0.508 e. The first-order valence-corrected chi connectivity index (χ1v) is 7.44. The maximum Gasteiger partial charge on any atom is 0.279 e. The summed E-state index contributed by atoms with van der Waals surface area (Å²) < 4.78 is 0. The van der Waals surface area contributed by atoms with Crippen molar-refractivity contribution in [3.63, 3.8) is 0 Å². The Morgan fingerprint density at radius 1 is 1.23 bits per heavy atom. The lowest BCUT2D eigenvalue weighted by Gasteiger charge is -2.17. The summed E-state index contributed by atoms with van der Waals surface area (Å²) in [5.74, 6) is -0.659. The molecule has 0 heterocycles. The summed E-state index contributed by atoms with van der Waals surface area (Å²) in [6.45, 7) is 0.790. The molecule has 0 unspecified atom stereocenters. The first-order valence-electron chi connectivity index (χ1n) is 7.44. The molecule has 7 nitrogen and oxygen atoms in total. The topological polar surface area (TPSA) is 148 Å². The minimum absolute atomic E-state index is 0.174. The molecule has 0 saturated carbocycles. The van der Waals surface area contributed by atoms with E-state index in [1.54, 1.807) is 24.3 Å². The van der Waals surface area contributed by atoms with Gasteiger partial charge in [0.15, 0.2) is 6.04 Å². The van der Waals surface area contributed by atoms with Gasteiger partial charge in [0.1, 0.15) is 11.8 Å². The molecule has 0 saturated heterocycles. The van der Waals surface area contributed by atoms with Crippen molar-refractivity contribution < 1.29 is 26.2 Å². The average molecular weight is 310 g/mol. The summed E-state index contributed by atoms with van der Waals surface area (Å²) in [5.41, 5.74) is 13.8. The highest BCUT2D eigenvalue weighted by Crippen LogP contribution is 2.10. The van der Waals surface area contributed by atoms with E-state index in [4.69, 9.17) is 5.73 Å². The molecule has 0 spiro atoms. The predicted octanol–water partition coefficient (Wildman–Crippen LogP) is -2.07. The van der Waals surface area contributed by atoms with Gasteiger partial charge in [0, 0.05) is 6.42 Å². The minimum Gasteiger partial charge on any atom is -0.508 e. The quantitative estimate of drug-likeness (QED) is 0.334. The highest BCUT2D eigenvalue weighted by atomic mass is 16.3. The van der Waals surface area contributed by atoms with Crippen LogP contribution in [-0.2, 0) is 16.0 Å². The van der Waals surface area contributed by atoms with Crippen LogP contribution in [0.2, 0.25) is 0 Å². The van der Waals surface area contributed by atoms with Crippen LogP contribution in [-0.4, -0.2) is 35.5 Å². The number of nitrogens with two attached hydrogens (primary N) is 1. The molecule has 0 radical (unpaired) electrons. The number of primary amides is 1. The molecule has 1 aromatic rings. The highest BCUT2D eigenvalue weighted by molar-refractivity contribution is 5.88. The van der Waals surface area contributed by atoms with Crippen molar-refractivity contribution in [1.82, 2.24) is 5.32 Å². The lowest BCUT2D eigenvalue weighted by atomic mass is 10.0. The number of rotatable bonds is 9. The van der Waals surface area contributed by atoms with Crippen LogP contribution < -0.4 is 22.5 Å². The number of unbranched alkanes of at least 4 members (excludes halogenated alkanes) is 1. The molecule has 1 rings (SSSR count). The molecule has 0 aliphatic carbocycles. The van der Waals surface area contributed by atoms with Crippen LogP contribution in [0.3, 0.4) is 0 Å². The van der Waals surface area contributed by atoms with Crippen LogP contribution in [0, 0.1) is 0 Å². The molecular weight excluding hydrogens is 284 g/mol. The van der Waals surface area contributed by atoms with Crippen LogP contribution in [0.4, 0.5) is 0 Å². The van der Waals surface area contributed by atoms with E-state index in [2.05, 4.69) is 16.8 Å². The summed E-state index contributed by atoms with van der Waals surface area (Å²) in [7, 11) is 0. The second-order valence-electron chi connectivity index (χ2n) is 5.38. The monoisotopic (exact) mass is 310 g/mol. The van der Waals surface area contributed by atoms with Gasteiger partial charge in [-0.05, 0) is 37.0 Å². The van der Waals surface area contributed by atoms with Gasteiger partial charge >= 0.3 is 0 Å². The van der Waals surface area contributed by atoms with Gasteiger partial charge in [-0.3, -0.25) is 9.59 Å². The molecule has 0 fully saturated rings. The fraction of sp³-hybridized carbons (Fsp3) is 0.467. The smallest absolute Gasteiger partial charge is 0.279 e. The molecule has 22 heavy (non-hydrogen) atoms. The lowest BCUT2D eigenvalue weighted by molar-refractivity contribution is -0.403. The number of phenols is 1. The van der Waals surface area contributed by atoms with Crippen molar-refractivity contribution >= 4 is 11.8 Å². The van der Waals surface area contributed by atoms with Gasteiger partial charge in [0.2, 0.25) is 5.91 Å². The molecule has 122 valence electrons. The normalized spacial score (nSPS) is 13.4. The van der Waals surface area contributed by atoms with E-state index >= 15 is 0 Å². The van der Waals surface area contributed by atoms with Crippen molar-refractivity contribution in [2.45, 2.75) is 37.8 Å². The third-order valence-corrected chi connectivity index (χ3v) is 3.44. The number of carbonyl (C=O) groups is 2. The molecule has 10 N–H and O–H groups in total. The Kier molecular flexibility index (Phi) is 7.34. The summed E-state index contributed by atoms with van der Waals surface area (Å²) in [6.07, 6.45) is 2.62. The molecule has 0 aliphatic heterocycles. The van der Waals surface area contributed by atoms with E-state index in [-0.39, 0.29) is 11.7 Å². The molecular formula is C15H26N4O3+2. The Morgan fingerprint density at radius 3 is 2.41 bits per heavy atom. The minimum atomic E-state index is -0.664. The van der Waals surface area contributed by atoms with Gasteiger partial charge < -0.3 is 27.6 Å². The Bertz CT molecular complexity index is 490. The SMILES string of the molecule is NC(=O)[C@H](CCCC[NH3+])NC(=O)[C@@H]([NH3+])Cc1ccc(O)cc1. The fourth-order valence-corrected chi connectivity index (χ4v) is 2.11. The summed E-state index contributed by atoms with van der Waals surface area (Å²) in [4.78, 5) is 23.5. The van der Waals surface area contributed by atoms with Crippen LogP contribution in [0.25, 0.3) is 0 Å². The van der Waals surface area contributed by atoms with Gasteiger partial charge in [-0.1, -0.05) is 12.1 Å².